The summed E-state index contributed by atoms with van der Waals surface area (Å²) in [6.07, 6.45) is 1.76. The van der Waals surface area contributed by atoms with Crippen molar-refractivity contribution in [3.63, 3.8) is 0 Å². The third kappa shape index (κ3) is 5.49. The molecule has 0 fully saturated rings. The Bertz CT molecular complexity index is 1270. The molecule has 2 aromatic rings. The Morgan fingerprint density at radius 3 is 2.55 bits per heavy atom. The first-order valence-electron chi connectivity index (χ1n) is 12.7. The number of benzene rings is 1. The van der Waals surface area contributed by atoms with Crippen LogP contribution in [0.5, 0.6) is 0 Å². The molecule has 1 aromatic carbocycles. The van der Waals surface area contributed by atoms with Crippen molar-refractivity contribution in [2.24, 2.45) is 11.1 Å². The largest absolute Gasteiger partial charge is 0.416 e. The summed E-state index contributed by atoms with van der Waals surface area (Å²) in [7, 11) is 0. The highest BCUT2D eigenvalue weighted by Gasteiger charge is 2.47. The summed E-state index contributed by atoms with van der Waals surface area (Å²) >= 11 is 0. The highest BCUT2D eigenvalue weighted by atomic mass is 19.4. The molecular formula is C28H34F3N5O2. The molecular weight excluding hydrogens is 495 g/mol. The predicted octanol–water partition coefficient (Wildman–Crippen LogP) is 5.32. The van der Waals surface area contributed by atoms with E-state index in [0.717, 1.165) is 17.7 Å². The summed E-state index contributed by atoms with van der Waals surface area (Å²) < 4.78 is 42.2. The van der Waals surface area contributed by atoms with Gasteiger partial charge in [0.2, 0.25) is 5.91 Å². The number of carbonyl (C=O) groups is 2. The third-order valence-corrected chi connectivity index (χ3v) is 7.26. The number of nitrogens with one attached hydrogen (secondary N) is 1. The average molecular weight is 530 g/mol. The standard InChI is InChI=1S/C28H34F3N5O2/c1-18(36-13-6-12-33-36)16-27(24(32)37)11-9-21(19-7-5-8-20(15-19)28(29,30)31)22-10-14-35(17-23(22)27)25(38)34-26(2,3)4/h5-9,12-13,15,18H,10-11,14,16-17H2,1-4H3,(H2,32,37)(H,34,38). The number of halogens is 3. The number of carbonyl (C=O) groups excluding carboxylic acids is 2. The molecule has 2 atom stereocenters. The number of aromatic nitrogens is 2. The quantitative estimate of drug-likeness (QED) is 0.549. The molecule has 0 spiro atoms. The van der Waals surface area contributed by atoms with Crippen molar-refractivity contribution < 1.29 is 22.8 Å². The van der Waals surface area contributed by atoms with Gasteiger partial charge in [-0.15, -0.1) is 0 Å². The normalized spacial score (nSPS) is 21.0. The molecule has 204 valence electrons. The van der Waals surface area contributed by atoms with Gasteiger partial charge in [0.1, 0.15) is 0 Å². The molecule has 0 bridgehead atoms. The number of hydrogen-bond acceptors (Lipinski definition) is 3. The van der Waals surface area contributed by atoms with Gasteiger partial charge in [0.15, 0.2) is 0 Å². The number of nitrogens with two attached hydrogens (primary N) is 1. The summed E-state index contributed by atoms with van der Waals surface area (Å²) in [5.74, 6) is -0.526. The molecule has 0 radical (unpaired) electrons. The molecule has 2 aliphatic rings. The van der Waals surface area contributed by atoms with Gasteiger partial charge in [-0.3, -0.25) is 9.48 Å². The van der Waals surface area contributed by atoms with E-state index in [4.69, 9.17) is 5.73 Å². The first-order chi connectivity index (χ1) is 17.7. The minimum Gasteiger partial charge on any atom is -0.369 e. The molecule has 4 rings (SSSR count). The van der Waals surface area contributed by atoms with Gasteiger partial charge < -0.3 is 16.0 Å². The summed E-state index contributed by atoms with van der Waals surface area (Å²) in [4.78, 5) is 28.0. The minimum atomic E-state index is -4.48. The van der Waals surface area contributed by atoms with Crippen LogP contribution in [0.25, 0.3) is 5.57 Å². The van der Waals surface area contributed by atoms with Gasteiger partial charge in [-0.2, -0.15) is 18.3 Å². The summed E-state index contributed by atoms with van der Waals surface area (Å²) in [5.41, 5.74) is 6.34. The maximum Gasteiger partial charge on any atom is 0.416 e. The van der Waals surface area contributed by atoms with Gasteiger partial charge in [0.25, 0.3) is 0 Å². The average Bonchev–Trinajstić information content (AvgIpc) is 3.37. The zero-order valence-corrected chi connectivity index (χ0v) is 22.1. The smallest absolute Gasteiger partial charge is 0.369 e. The van der Waals surface area contributed by atoms with Crippen molar-refractivity contribution in [3.8, 4) is 0 Å². The lowest BCUT2D eigenvalue weighted by Crippen LogP contribution is -2.53. The van der Waals surface area contributed by atoms with Gasteiger partial charge in [-0.05, 0) is 87.4 Å². The maximum absolute atomic E-state index is 13.5. The Labute approximate surface area is 220 Å². The van der Waals surface area contributed by atoms with E-state index in [1.165, 1.54) is 6.07 Å². The van der Waals surface area contributed by atoms with E-state index < -0.39 is 28.6 Å². The number of rotatable bonds is 5. The Morgan fingerprint density at radius 2 is 1.95 bits per heavy atom. The minimum absolute atomic E-state index is 0.155. The first-order valence-corrected chi connectivity index (χ1v) is 12.7. The van der Waals surface area contributed by atoms with Crippen molar-refractivity contribution in [1.29, 1.82) is 0 Å². The van der Waals surface area contributed by atoms with Gasteiger partial charge in [-0.25, -0.2) is 4.79 Å². The number of nitrogens with zero attached hydrogens (tertiary/aromatic N) is 3. The zero-order valence-electron chi connectivity index (χ0n) is 22.1. The Hall–Kier alpha value is -3.56. The SMILES string of the molecule is CC(CC1(C(N)=O)CC=C(c2cccc(C(F)(F)F)c2)C2=C1CN(C(=O)NC(C)(C)C)CC2)n1cccn1. The van der Waals surface area contributed by atoms with Crippen molar-refractivity contribution in [1.82, 2.24) is 20.0 Å². The van der Waals surface area contributed by atoms with Crippen LogP contribution in [-0.4, -0.2) is 45.2 Å². The number of hydrogen-bond donors (Lipinski definition) is 2. The summed E-state index contributed by atoms with van der Waals surface area (Å²) in [6, 6.07) is 6.56. The van der Waals surface area contributed by atoms with Gasteiger partial charge >= 0.3 is 12.2 Å². The third-order valence-electron chi connectivity index (χ3n) is 7.26. The number of allylic oxidation sites excluding steroid dienone is 2. The molecule has 2 heterocycles. The Morgan fingerprint density at radius 1 is 1.21 bits per heavy atom. The van der Waals surface area contributed by atoms with Crippen LogP contribution in [-0.2, 0) is 11.0 Å². The summed E-state index contributed by atoms with van der Waals surface area (Å²) in [5, 5.41) is 7.27. The molecule has 0 saturated heterocycles. The zero-order chi connectivity index (χ0) is 27.9. The Balaban J connectivity index is 1.80. The lowest BCUT2D eigenvalue weighted by Gasteiger charge is -2.45. The molecule has 10 heteroatoms. The molecule has 0 saturated carbocycles. The molecule has 7 nitrogen and oxygen atoms in total. The fourth-order valence-corrected chi connectivity index (χ4v) is 5.45. The predicted molar refractivity (Wildman–Crippen MR) is 139 cm³/mol. The number of amides is 3. The monoisotopic (exact) mass is 529 g/mol. The van der Waals surface area contributed by atoms with E-state index in [1.54, 1.807) is 27.9 Å². The van der Waals surface area contributed by atoms with Crippen LogP contribution >= 0.6 is 0 Å². The fourth-order valence-electron chi connectivity index (χ4n) is 5.45. The fraction of sp³-hybridized carbons (Fsp3) is 0.464. The van der Waals surface area contributed by atoms with Crippen LogP contribution in [0.2, 0.25) is 0 Å². The topological polar surface area (TPSA) is 93.3 Å². The lowest BCUT2D eigenvalue weighted by atomic mass is 9.64. The number of primary amides is 1. The molecule has 3 N–H and O–H groups in total. The molecule has 1 aliphatic carbocycles. The highest BCUT2D eigenvalue weighted by Crippen LogP contribution is 2.50. The van der Waals surface area contributed by atoms with Crippen LogP contribution in [0, 0.1) is 5.41 Å². The number of alkyl halides is 3. The van der Waals surface area contributed by atoms with E-state index in [2.05, 4.69) is 10.4 Å². The van der Waals surface area contributed by atoms with E-state index in [-0.39, 0.29) is 25.0 Å². The molecule has 38 heavy (non-hydrogen) atoms. The van der Waals surface area contributed by atoms with Gasteiger partial charge in [0.05, 0.1) is 17.0 Å². The van der Waals surface area contributed by atoms with Crippen LogP contribution in [0.1, 0.15) is 64.1 Å². The van der Waals surface area contributed by atoms with Crippen molar-refractivity contribution >= 4 is 17.5 Å². The second-order valence-corrected chi connectivity index (χ2v) is 11.2. The highest BCUT2D eigenvalue weighted by molar-refractivity contribution is 5.92. The Kier molecular flexibility index (Phi) is 7.20. The van der Waals surface area contributed by atoms with Crippen LogP contribution < -0.4 is 11.1 Å². The van der Waals surface area contributed by atoms with Gasteiger partial charge in [0, 0.05) is 31.0 Å². The lowest BCUT2D eigenvalue weighted by molar-refractivity contribution is -0.137. The number of urea groups is 1. The van der Waals surface area contributed by atoms with E-state index in [0.29, 0.717) is 36.1 Å². The summed E-state index contributed by atoms with van der Waals surface area (Å²) in [6.45, 7) is 8.11. The van der Waals surface area contributed by atoms with Gasteiger partial charge in [-0.1, -0.05) is 18.2 Å². The molecule has 2 unspecified atom stereocenters. The van der Waals surface area contributed by atoms with Crippen LogP contribution in [0.3, 0.4) is 0 Å². The second kappa shape index (κ2) is 9.96. The van der Waals surface area contributed by atoms with Crippen molar-refractivity contribution in [2.45, 2.75) is 64.7 Å². The molecule has 3 amide bonds. The maximum atomic E-state index is 13.5. The molecule has 1 aromatic heterocycles. The van der Waals surface area contributed by atoms with Crippen molar-refractivity contribution in [2.75, 3.05) is 13.1 Å². The van der Waals surface area contributed by atoms with E-state index in [1.807, 2.05) is 40.0 Å². The van der Waals surface area contributed by atoms with E-state index in [9.17, 15) is 22.8 Å². The van der Waals surface area contributed by atoms with E-state index >= 15 is 0 Å². The second-order valence-electron chi connectivity index (χ2n) is 11.2. The first kappa shape index (κ1) is 27.5. The van der Waals surface area contributed by atoms with Crippen LogP contribution in [0.15, 0.2) is 59.9 Å². The molecule has 1 aliphatic heterocycles. The van der Waals surface area contributed by atoms with Crippen molar-refractivity contribution in [3.05, 3.63) is 71.1 Å². The van der Waals surface area contributed by atoms with Crippen LogP contribution in [0.4, 0.5) is 18.0 Å².